The molecule has 1 saturated carbocycles. The maximum atomic E-state index is 12.7. The van der Waals surface area contributed by atoms with E-state index in [9.17, 15) is 9.59 Å². The minimum absolute atomic E-state index is 0.114. The molecule has 0 aromatic heterocycles. The number of carbonyl (C=O) groups is 2. The lowest BCUT2D eigenvalue weighted by atomic mass is 9.91. The molecular formula is C19H28ClN3O2. The summed E-state index contributed by atoms with van der Waals surface area (Å²) in [5, 5.41) is 6.52. The van der Waals surface area contributed by atoms with Crippen molar-refractivity contribution in [1.29, 1.82) is 0 Å². The monoisotopic (exact) mass is 365 g/mol. The van der Waals surface area contributed by atoms with Gasteiger partial charge in [-0.15, -0.1) is 0 Å². The van der Waals surface area contributed by atoms with Crippen molar-refractivity contribution in [3.05, 3.63) is 34.9 Å². The summed E-state index contributed by atoms with van der Waals surface area (Å²) < 4.78 is 0. The summed E-state index contributed by atoms with van der Waals surface area (Å²) in [7, 11) is 0. The largest absolute Gasteiger partial charge is 0.352 e. The molecule has 4 N–H and O–H groups in total. The zero-order valence-electron chi connectivity index (χ0n) is 14.9. The highest BCUT2D eigenvalue weighted by atomic mass is 35.5. The lowest BCUT2D eigenvalue weighted by Gasteiger charge is -2.29. The van der Waals surface area contributed by atoms with Gasteiger partial charge in [-0.1, -0.05) is 25.4 Å². The topological polar surface area (TPSA) is 84.2 Å². The van der Waals surface area contributed by atoms with Crippen molar-refractivity contribution >= 4 is 23.4 Å². The van der Waals surface area contributed by atoms with Gasteiger partial charge in [0, 0.05) is 22.7 Å². The predicted octanol–water partition coefficient (Wildman–Crippen LogP) is 2.87. The number of carbonyl (C=O) groups excluding carboxylic acids is 2. The molecule has 2 amide bonds. The molecule has 0 heterocycles. The summed E-state index contributed by atoms with van der Waals surface area (Å²) in [6, 6.07) is 6.49. The van der Waals surface area contributed by atoms with Gasteiger partial charge in [-0.05, 0) is 62.3 Å². The summed E-state index contributed by atoms with van der Waals surface area (Å²) in [5.41, 5.74) is 6.41. The highest BCUT2D eigenvalue weighted by Gasteiger charge is 2.26. The van der Waals surface area contributed by atoms with Gasteiger partial charge >= 0.3 is 0 Å². The Hall–Kier alpha value is -1.59. The van der Waals surface area contributed by atoms with Crippen LogP contribution in [0.2, 0.25) is 5.02 Å². The molecule has 0 saturated heterocycles. The maximum absolute atomic E-state index is 12.7. The first-order valence-corrected chi connectivity index (χ1v) is 9.35. The van der Waals surface area contributed by atoms with Crippen LogP contribution < -0.4 is 16.4 Å². The van der Waals surface area contributed by atoms with Gasteiger partial charge in [-0.3, -0.25) is 9.59 Å². The molecule has 25 heavy (non-hydrogen) atoms. The third kappa shape index (κ3) is 6.33. The molecule has 0 spiro atoms. The SMILES string of the molecule is CC(C)CC(NC(=O)c1ccc(Cl)cc1)C(=O)NC1CCC(N)CC1. The Kier molecular flexibility index (Phi) is 7.26. The van der Waals surface area contributed by atoms with Gasteiger partial charge in [0.25, 0.3) is 5.91 Å². The molecular weight excluding hydrogens is 338 g/mol. The number of benzene rings is 1. The second kappa shape index (κ2) is 9.20. The second-order valence-electron chi connectivity index (χ2n) is 7.28. The van der Waals surface area contributed by atoms with Crippen LogP contribution in [-0.4, -0.2) is 29.9 Å². The van der Waals surface area contributed by atoms with Crippen LogP contribution >= 0.6 is 11.6 Å². The Morgan fingerprint density at radius 3 is 2.32 bits per heavy atom. The molecule has 5 nitrogen and oxygen atoms in total. The Labute approximate surface area is 154 Å². The average molecular weight is 366 g/mol. The van der Waals surface area contributed by atoms with Gasteiger partial charge < -0.3 is 16.4 Å². The van der Waals surface area contributed by atoms with E-state index in [1.165, 1.54) is 0 Å². The molecule has 1 fully saturated rings. The van der Waals surface area contributed by atoms with Crippen molar-refractivity contribution in [1.82, 2.24) is 10.6 Å². The van der Waals surface area contributed by atoms with Crippen molar-refractivity contribution < 1.29 is 9.59 Å². The summed E-state index contributed by atoms with van der Waals surface area (Å²) >= 11 is 5.86. The number of rotatable bonds is 6. The molecule has 1 aromatic rings. The zero-order chi connectivity index (χ0) is 18.4. The Morgan fingerprint density at radius 2 is 1.76 bits per heavy atom. The predicted molar refractivity (Wildman–Crippen MR) is 101 cm³/mol. The summed E-state index contributed by atoms with van der Waals surface area (Å²) in [6.45, 7) is 4.07. The molecule has 0 bridgehead atoms. The first-order chi connectivity index (χ1) is 11.8. The van der Waals surface area contributed by atoms with Crippen LogP contribution in [0, 0.1) is 5.92 Å². The average Bonchev–Trinajstić information content (AvgIpc) is 2.56. The van der Waals surface area contributed by atoms with E-state index in [1.807, 2.05) is 13.8 Å². The third-order valence-corrected chi connectivity index (χ3v) is 4.81. The second-order valence-corrected chi connectivity index (χ2v) is 7.72. The van der Waals surface area contributed by atoms with Crippen molar-refractivity contribution in [2.75, 3.05) is 0 Å². The fourth-order valence-corrected chi connectivity index (χ4v) is 3.24. The number of nitrogens with one attached hydrogen (secondary N) is 2. The lowest BCUT2D eigenvalue weighted by molar-refractivity contribution is -0.124. The third-order valence-electron chi connectivity index (χ3n) is 4.55. The van der Waals surface area contributed by atoms with Crippen LogP contribution in [0.5, 0.6) is 0 Å². The Bertz CT molecular complexity index is 581. The first-order valence-electron chi connectivity index (χ1n) is 8.97. The van der Waals surface area contributed by atoms with Crippen molar-refractivity contribution in [3.8, 4) is 0 Å². The lowest BCUT2D eigenvalue weighted by Crippen LogP contribution is -2.51. The molecule has 0 radical (unpaired) electrons. The molecule has 1 aliphatic rings. The van der Waals surface area contributed by atoms with Crippen molar-refractivity contribution in [2.45, 2.75) is 64.1 Å². The quantitative estimate of drug-likeness (QED) is 0.724. The van der Waals surface area contributed by atoms with E-state index in [0.29, 0.717) is 22.9 Å². The minimum Gasteiger partial charge on any atom is -0.352 e. The molecule has 1 unspecified atom stereocenters. The summed E-state index contributed by atoms with van der Waals surface area (Å²) in [6.07, 6.45) is 4.24. The van der Waals surface area contributed by atoms with Gasteiger partial charge in [0.05, 0.1) is 0 Å². The fourth-order valence-electron chi connectivity index (χ4n) is 3.11. The smallest absolute Gasteiger partial charge is 0.251 e. The van der Waals surface area contributed by atoms with Crippen molar-refractivity contribution in [2.24, 2.45) is 11.7 Å². The van der Waals surface area contributed by atoms with E-state index < -0.39 is 6.04 Å². The number of halogens is 1. The standard InChI is InChI=1S/C19H28ClN3O2/c1-12(2)11-17(19(25)22-16-9-7-15(21)8-10-16)23-18(24)13-3-5-14(20)6-4-13/h3-6,12,15-17H,7-11,21H2,1-2H3,(H,22,25)(H,23,24). The van der Waals surface area contributed by atoms with Gasteiger partial charge in [-0.25, -0.2) is 0 Å². The molecule has 2 rings (SSSR count). The molecule has 1 aliphatic carbocycles. The number of nitrogens with two attached hydrogens (primary N) is 1. The highest BCUT2D eigenvalue weighted by Crippen LogP contribution is 2.17. The molecule has 1 atom stereocenters. The number of amides is 2. The first kappa shape index (κ1) is 19.7. The van der Waals surface area contributed by atoms with Gasteiger partial charge in [0.15, 0.2) is 0 Å². The molecule has 1 aromatic carbocycles. The summed E-state index contributed by atoms with van der Waals surface area (Å²) in [5.74, 6) is -0.0827. The van der Waals surface area contributed by atoms with Crippen LogP contribution in [0.15, 0.2) is 24.3 Å². The van der Waals surface area contributed by atoms with Crippen molar-refractivity contribution in [3.63, 3.8) is 0 Å². The van der Waals surface area contributed by atoms with Gasteiger partial charge in [0.2, 0.25) is 5.91 Å². The van der Waals surface area contributed by atoms with Crippen LogP contribution in [0.3, 0.4) is 0 Å². The maximum Gasteiger partial charge on any atom is 0.251 e. The Morgan fingerprint density at radius 1 is 1.16 bits per heavy atom. The highest BCUT2D eigenvalue weighted by molar-refractivity contribution is 6.30. The van der Waals surface area contributed by atoms with E-state index in [0.717, 1.165) is 25.7 Å². The van der Waals surface area contributed by atoms with E-state index in [1.54, 1.807) is 24.3 Å². The van der Waals surface area contributed by atoms with Crippen LogP contribution in [0.1, 0.15) is 56.3 Å². The summed E-state index contributed by atoms with van der Waals surface area (Å²) in [4.78, 5) is 25.1. The molecule has 0 aliphatic heterocycles. The fraction of sp³-hybridized carbons (Fsp3) is 0.579. The van der Waals surface area contributed by atoms with Crippen LogP contribution in [0.4, 0.5) is 0 Å². The minimum atomic E-state index is -0.543. The van der Waals surface area contributed by atoms with Gasteiger partial charge in [-0.2, -0.15) is 0 Å². The van der Waals surface area contributed by atoms with E-state index in [2.05, 4.69) is 10.6 Å². The van der Waals surface area contributed by atoms with E-state index >= 15 is 0 Å². The zero-order valence-corrected chi connectivity index (χ0v) is 15.7. The Balaban J connectivity index is 1.98. The number of hydrogen-bond donors (Lipinski definition) is 3. The van der Waals surface area contributed by atoms with E-state index in [4.69, 9.17) is 17.3 Å². The number of hydrogen-bond acceptors (Lipinski definition) is 3. The molecule has 6 heteroatoms. The normalized spacial score (nSPS) is 21.6. The van der Waals surface area contributed by atoms with Crippen LogP contribution in [0.25, 0.3) is 0 Å². The molecule has 138 valence electrons. The van der Waals surface area contributed by atoms with E-state index in [-0.39, 0.29) is 23.9 Å². The van der Waals surface area contributed by atoms with Crippen LogP contribution in [-0.2, 0) is 4.79 Å². The van der Waals surface area contributed by atoms with Gasteiger partial charge in [0.1, 0.15) is 6.04 Å².